The highest BCUT2D eigenvalue weighted by Gasteiger charge is 2.44. The number of para-hydroxylation sites is 1. The summed E-state index contributed by atoms with van der Waals surface area (Å²) < 4.78 is 0. The van der Waals surface area contributed by atoms with Crippen molar-refractivity contribution in [3.63, 3.8) is 0 Å². The van der Waals surface area contributed by atoms with E-state index in [-0.39, 0.29) is 0 Å². The summed E-state index contributed by atoms with van der Waals surface area (Å²) in [6.45, 7) is 19.2. The molecule has 0 radical (unpaired) electrons. The van der Waals surface area contributed by atoms with Crippen molar-refractivity contribution in [2.75, 3.05) is 10.8 Å². The minimum absolute atomic E-state index is 0.451. The van der Waals surface area contributed by atoms with Crippen LogP contribution < -0.4 is 15.6 Å². The molecule has 0 aliphatic heterocycles. The highest BCUT2D eigenvalue weighted by molar-refractivity contribution is 7.75. The maximum Gasteiger partial charge on any atom is 0.163 e. The zero-order valence-corrected chi connectivity index (χ0v) is 24.4. The molecular weight excluding hydrogens is 445 g/mol. The average molecular weight is 490 g/mol. The first kappa shape index (κ1) is 26.7. The molecule has 1 nitrogen and oxygen atoms in total. The first-order valence-corrected chi connectivity index (χ1v) is 16.8. The first-order chi connectivity index (χ1) is 16.2. The molecule has 0 atom stereocenters. The van der Waals surface area contributed by atoms with Gasteiger partial charge in [0, 0.05) is 5.69 Å². The predicted octanol–water partition coefficient (Wildman–Crippen LogP) is 8.78. The molecule has 0 aromatic heterocycles. The van der Waals surface area contributed by atoms with E-state index in [2.05, 4.69) is 139 Å². The largest absolute Gasteiger partial charge is 0.409 e. The Balaban J connectivity index is 2.17. The van der Waals surface area contributed by atoms with Crippen LogP contribution in [-0.4, -0.2) is 14.0 Å². The van der Waals surface area contributed by atoms with Crippen LogP contribution in [0.5, 0.6) is 0 Å². The monoisotopic (exact) mass is 489 g/mol. The van der Waals surface area contributed by atoms with Gasteiger partial charge in [0.15, 0.2) is 8.24 Å². The SMILES string of the molecule is CC(C)c1cccc(C(C)C)c1N[Si](CP(c1ccccc1)c1ccccc1)(C(C)C)C(C)C. The minimum Gasteiger partial charge on any atom is -0.409 e. The van der Waals surface area contributed by atoms with Crippen molar-refractivity contribution in [1.29, 1.82) is 0 Å². The van der Waals surface area contributed by atoms with Gasteiger partial charge in [0.1, 0.15) is 0 Å². The fraction of sp³-hybridized carbons (Fsp3) is 0.419. The Labute approximate surface area is 211 Å². The van der Waals surface area contributed by atoms with Crippen LogP contribution >= 0.6 is 7.92 Å². The first-order valence-electron chi connectivity index (χ1n) is 13.0. The van der Waals surface area contributed by atoms with Crippen LogP contribution in [0.15, 0.2) is 78.9 Å². The lowest BCUT2D eigenvalue weighted by molar-refractivity contribution is 0.834. The van der Waals surface area contributed by atoms with Crippen LogP contribution in [0.3, 0.4) is 0 Å². The summed E-state index contributed by atoms with van der Waals surface area (Å²) >= 11 is 0. The third-order valence-corrected chi connectivity index (χ3v) is 17.4. The second-order valence-electron chi connectivity index (χ2n) is 10.9. The smallest absolute Gasteiger partial charge is 0.163 e. The average Bonchev–Trinajstić information content (AvgIpc) is 2.82. The predicted molar refractivity (Wildman–Crippen MR) is 158 cm³/mol. The van der Waals surface area contributed by atoms with Gasteiger partial charge in [-0.25, -0.2) is 0 Å². The molecule has 0 spiro atoms. The van der Waals surface area contributed by atoms with Crippen molar-refractivity contribution in [2.45, 2.75) is 78.3 Å². The summed E-state index contributed by atoms with van der Waals surface area (Å²) in [5.41, 5.74) is 5.59. The molecule has 3 heteroatoms. The second-order valence-corrected chi connectivity index (χ2v) is 18.6. The summed E-state index contributed by atoms with van der Waals surface area (Å²) in [6.07, 6.45) is 0. The standard InChI is InChI=1S/C31H44NPSi/c1-23(2)29-20-15-21-30(24(3)4)31(29)32-34(25(5)6,26(7)8)22-33(27-16-11-9-12-17-27)28-18-13-10-14-19-28/h9-21,23-26,32H,22H2,1-8H3. The number of benzene rings is 3. The molecule has 0 aliphatic carbocycles. The van der Waals surface area contributed by atoms with E-state index >= 15 is 0 Å². The Hall–Kier alpha value is -1.89. The third kappa shape index (κ3) is 5.84. The maximum absolute atomic E-state index is 4.42. The van der Waals surface area contributed by atoms with Gasteiger partial charge < -0.3 is 4.98 Å². The highest BCUT2D eigenvalue weighted by atomic mass is 31.1. The van der Waals surface area contributed by atoms with Gasteiger partial charge in [0.25, 0.3) is 0 Å². The highest BCUT2D eigenvalue weighted by Crippen LogP contribution is 2.46. The van der Waals surface area contributed by atoms with E-state index in [1.807, 2.05) is 0 Å². The van der Waals surface area contributed by atoms with E-state index in [9.17, 15) is 0 Å². The lowest BCUT2D eigenvalue weighted by atomic mass is 9.93. The quantitative estimate of drug-likeness (QED) is 0.222. The molecule has 0 saturated carbocycles. The molecule has 0 unspecified atom stereocenters. The van der Waals surface area contributed by atoms with Crippen LogP contribution in [0.25, 0.3) is 0 Å². The van der Waals surface area contributed by atoms with Crippen molar-refractivity contribution >= 4 is 32.5 Å². The zero-order chi connectivity index (χ0) is 24.9. The fourth-order valence-electron chi connectivity index (χ4n) is 5.10. The van der Waals surface area contributed by atoms with E-state index in [1.165, 1.54) is 33.2 Å². The van der Waals surface area contributed by atoms with Gasteiger partial charge in [-0.05, 0) is 58.4 Å². The molecule has 3 aromatic carbocycles. The van der Waals surface area contributed by atoms with Crippen LogP contribution in [0.1, 0.15) is 78.4 Å². The summed E-state index contributed by atoms with van der Waals surface area (Å²) in [6, 6.07) is 29.4. The van der Waals surface area contributed by atoms with Crippen molar-refractivity contribution in [2.24, 2.45) is 0 Å². The van der Waals surface area contributed by atoms with E-state index in [4.69, 9.17) is 0 Å². The zero-order valence-electron chi connectivity index (χ0n) is 22.5. The van der Waals surface area contributed by atoms with Crippen LogP contribution in [0.2, 0.25) is 11.1 Å². The molecule has 1 N–H and O–H groups in total. The van der Waals surface area contributed by atoms with Gasteiger partial charge in [0.2, 0.25) is 0 Å². The van der Waals surface area contributed by atoms with Gasteiger partial charge in [-0.3, -0.25) is 0 Å². The minimum atomic E-state index is -2.00. The molecule has 0 amide bonds. The molecule has 0 saturated heterocycles. The fourth-order valence-corrected chi connectivity index (χ4v) is 15.9. The lowest BCUT2D eigenvalue weighted by Gasteiger charge is -2.44. The number of nitrogens with one attached hydrogen (secondary N) is 1. The molecule has 3 rings (SSSR count). The van der Waals surface area contributed by atoms with Crippen LogP contribution in [-0.2, 0) is 0 Å². The van der Waals surface area contributed by atoms with E-state index < -0.39 is 16.2 Å². The Morgan fingerprint density at radius 2 is 1.00 bits per heavy atom. The van der Waals surface area contributed by atoms with Crippen LogP contribution in [0, 0.1) is 0 Å². The van der Waals surface area contributed by atoms with Crippen molar-refractivity contribution in [3.05, 3.63) is 90.0 Å². The molecule has 0 fully saturated rings. The lowest BCUT2D eigenvalue weighted by Crippen LogP contribution is -2.54. The number of anilines is 1. The Kier molecular flexibility index (Phi) is 9.18. The summed E-state index contributed by atoms with van der Waals surface area (Å²) in [5, 5.41) is 2.98. The third-order valence-electron chi connectivity index (χ3n) is 7.35. The number of rotatable bonds is 10. The molecule has 0 aliphatic rings. The summed E-state index contributed by atoms with van der Waals surface area (Å²) in [7, 11) is -2.45. The molecular formula is C31H44NPSi. The molecule has 0 heterocycles. The molecule has 182 valence electrons. The Morgan fingerprint density at radius 3 is 1.35 bits per heavy atom. The van der Waals surface area contributed by atoms with Crippen molar-refractivity contribution < 1.29 is 0 Å². The van der Waals surface area contributed by atoms with Gasteiger partial charge >= 0.3 is 0 Å². The van der Waals surface area contributed by atoms with Gasteiger partial charge in [-0.1, -0.05) is 134 Å². The van der Waals surface area contributed by atoms with Gasteiger partial charge in [0.05, 0.1) is 0 Å². The Bertz CT molecular complexity index is 954. The van der Waals surface area contributed by atoms with E-state index in [0.29, 0.717) is 22.9 Å². The van der Waals surface area contributed by atoms with E-state index in [0.717, 1.165) is 0 Å². The molecule has 0 bridgehead atoms. The topological polar surface area (TPSA) is 12.0 Å². The number of hydrogen-bond donors (Lipinski definition) is 1. The number of hydrogen-bond acceptors (Lipinski definition) is 1. The van der Waals surface area contributed by atoms with Gasteiger partial charge in [-0.2, -0.15) is 0 Å². The summed E-state index contributed by atoms with van der Waals surface area (Å²) in [5.74, 6) is 2.24. The van der Waals surface area contributed by atoms with E-state index in [1.54, 1.807) is 0 Å². The maximum atomic E-state index is 4.42. The van der Waals surface area contributed by atoms with Gasteiger partial charge in [-0.15, -0.1) is 0 Å². The summed E-state index contributed by atoms with van der Waals surface area (Å²) in [4.78, 5) is 4.42. The Morgan fingerprint density at radius 1 is 0.588 bits per heavy atom. The van der Waals surface area contributed by atoms with Crippen LogP contribution in [0.4, 0.5) is 5.69 Å². The normalized spacial score (nSPS) is 12.4. The van der Waals surface area contributed by atoms with Crippen molar-refractivity contribution in [3.8, 4) is 0 Å². The molecule has 34 heavy (non-hydrogen) atoms. The van der Waals surface area contributed by atoms with Crippen molar-refractivity contribution in [1.82, 2.24) is 0 Å². The second kappa shape index (κ2) is 11.7. The molecule has 3 aromatic rings.